The van der Waals surface area contributed by atoms with Gasteiger partial charge in [0.2, 0.25) is 0 Å². The molecule has 0 saturated carbocycles. The summed E-state index contributed by atoms with van der Waals surface area (Å²) in [5.74, 6) is -2.36. The van der Waals surface area contributed by atoms with Crippen LogP contribution in [0.15, 0.2) is 0 Å². The molecule has 0 aromatic carbocycles. The molecule has 0 unspecified atom stereocenters. The van der Waals surface area contributed by atoms with E-state index in [1.807, 2.05) is 39.8 Å². The molecule has 4 aliphatic rings. The van der Waals surface area contributed by atoms with Crippen LogP contribution < -0.4 is 5.32 Å². The first-order valence-electron chi connectivity index (χ1n) is 21.3. The van der Waals surface area contributed by atoms with Gasteiger partial charge in [-0.2, -0.15) is 0 Å². The zero-order valence-electron chi connectivity index (χ0n) is 37.2. The van der Waals surface area contributed by atoms with Crippen LogP contribution in [-0.2, 0) is 47.4 Å². The van der Waals surface area contributed by atoms with E-state index in [9.17, 15) is 20.1 Å². The molecule has 0 aromatic rings. The lowest BCUT2D eigenvalue weighted by Gasteiger charge is -2.51. The van der Waals surface area contributed by atoms with E-state index in [2.05, 4.69) is 26.1 Å². The number of hydrogen-bond donors (Lipinski definition) is 4. The number of nitrogens with one attached hydrogen (secondary N) is 1. The third kappa shape index (κ3) is 11.5. The Morgan fingerprint density at radius 3 is 2.21 bits per heavy atom. The van der Waals surface area contributed by atoms with Crippen LogP contribution in [0.2, 0.25) is 0 Å². The number of rotatable bonds is 12. The SMILES string of the molecule is CC[C@H]1OC(=O)[C@H](C)[C@@H](O[C@H]2C[C@@](C)(OC)[C@@H](O)[C@H](C)O2)[C@H](C)[C@@H](O[C@@H]2O[C@H](C)C[C@H](N(C)C)[C@H]2O)[C@](C)(O)C[C@@H](C)[C@@H]2N[C@@H](COCCOC)O[C@@H]([C@H]1C)[C@H]2C. The number of likely N-dealkylation sites (N-methyl/N-ethyl adjacent to an activating group) is 1. The molecule has 0 radical (unpaired) electrons. The molecule has 15 heteroatoms. The first-order valence-corrected chi connectivity index (χ1v) is 21.3. The van der Waals surface area contributed by atoms with Gasteiger partial charge in [-0.15, -0.1) is 0 Å². The Morgan fingerprint density at radius 2 is 1.60 bits per heavy atom. The molecule has 4 saturated heterocycles. The second kappa shape index (κ2) is 20.7. The predicted molar refractivity (Wildman–Crippen MR) is 212 cm³/mol. The van der Waals surface area contributed by atoms with E-state index in [1.54, 1.807) is 41.9 Å². The van der Waals surface area contributed by atoms with Crippen molar-refractivity contribution in [3.05, 3.63) is 0 Å². The minimum atomic E-state index is -1.54. The number of aliphatic hydroxyl groups is 3. The summed E-state index contributed by atoms with van der Waals surface area (Å²) in [6.07, 6.45) is -6.32. The topological polar surface area (TPSA) is 176 Å². The standard InChI is InChI=1S/C42H78N2O13/c1-15-30-24(4)35-25(5)33(43-31(55-35)21-51-17-16-49-13)22(2)19-41(9,48)38(57-40-34(45)29(44(11)12)18-23(3)52-40)26(6)36(27(7)39(47)54-30)56-32-20-42(10,50-14)37(46)28(8)53-32/h22-38,40,43,45-46,48H,15-21H2,1-14H3/t22-,23-,24+,25+,26+,27-,28+,29+,30-,31-,32+,33+,34-,35+,36+,37+,38-,40+,41-,42-/m1/s1. The van der Waals surface area contributed by atoms with Crippen LogP contribution in [0.3, 0.4) is 0 Å². The summed E-state index contributed by atoms with van der Waals surface area (Å²) >= 11 is 0. The molecule has 0 spiro atoms. The molecule has 4 aliphatic heterocycles. The maximum Gasteiger partial charge on any atom is 0.311 e. The molecule has 334 valence electrons. The van der Waals surface area contributed by atoms with Gasteiger partial charge in [0, 0.05) is 44.6 Å². The molecule has 0 aromatic heterocycles. The second-order valence-corrected chi connectivity index (χ2v) is 18.3. The van der Waals surface area contributed by atoms with E-state index in [-0.39, 0.29) is 61.5 Å². The van der Waals surface area contributed by atoms with Crippen molar-refractivity contribution in [3.63, 3.8) is 0 Å². The van der Waals surface area contributed by atoms with E-state index in [1.165, 1.54) is 0 Å². The number of aliphatic hydroxyl groups excluding tert-OH is 2. The van der Waals surface area contributed by atoms with Crippen LogP contribution >= 0.6 is 0 Å². The number of nitrogens with zero attached hydrogens (tertiary/aromatic N) is 1. The smallest absolute Gasteiger partial charge is 0.311 e. The zero-order chi connectivity index (χ0) is 42.6. The highest BCUT2D eigenvalue weighted by Gasteiger charge is 2.53. The third-order valence-electron chi connectivity index (χ3n) is 13.4. The summed E-state index contributed by atoms with van der Waals surface area (Å²) in [5, 5.41) is 39.2. The third-order valence-corrected chi connectivity index (χ3v) is 13.4. The van der Waals surface area contributed by atoms with Crippen LogP contribution in [0.4, 0.5) is 0 Å². The van der Waals surface area contributed by atoms with E-state index in [0.29, 0.717) is 26.1 Å². The molecule has 20 atom stereocenters. The zero-order valence-corrected chi connectivity index (χ0v) is 37.2. The summed E-state index contributed by atoms with van der Waals surface area (Å²) < 4.78 is 56.2. The Bertz CT molecular complexity index is 1250. The number of methoxy groups -OCH3 is 2. The molecule has 57 heavy (non-hydrogen) atoms. The highest BCUT2D eigenvalue weighted by atomic mass is 16.7. The Hall–Kier alpha value is -1.05. The first-order chi connectivity index (χ1) is 26.7. The molecule has 2 bridgehead atoms. The minimum absolute atomic E-state index is 0.0388. The lowest BCUT2D eigenvalue weighted by molar-refractivity contribution is -0.318. The molecule has 4 heterocycles. The van der Waals surface area contributed by atoms with Crippen LogP contribution in [0.25, 0.3) is 0 Å². The van der Waals surface area contributed by atoms with Gasteiger partial charge in [0.1, 0.15) is 24.5 Å². The Balaban J connectivity index is 1.80. The fourth-order valence-corrected chi connectivity index (χ4v) is 9.96. The quantitative estimate of drug-likeness (QED) is 0.167. The van der Waals surface area contributed by atoms with E-state index >= 15 is 0 Å². The molecular weight excluding hydrogens is 740 g/mol. The molecule has 4 fully saturated rings. The van der Waals surface area contributed by atoms with Gasteiger partial charge in [-0.3, -0.25) is 10.1 Å². The van der Waals surface area contributed by atoms with E-state index in [4.69, 9.17) is 42.6 Å². The van der Waals surface area contributed by atoms with Crippen molar-refractivity contribution < 1.29 is 62.7 Å². The van der Waals surface area contributed by atoms with Crippen LogP contribution in [0.1, 0.15) is 94.9 Å². The van der Waals surface area contributed by atoms with Crippen LogP contribution in [0.5, 0.6) is 0 Å². The van der Waals surface area contributed by atoms with Crippen LogP contribution in [0, 0.1) is 29.6 Å². The van der Waals surface area contributed by atoms with Gasteiger partial charge >= 0.3 is 5.97 Å². The Kier molecular flexibility index (Phi) is 17.6. The van der Waals surface area contributed by atoms with Gasteiger partial charge in [-0.25, -0.2) is 0 Å². The van der Waals surface area contributed by atoms with Crippen molar-refractivity contribution in [2.45, 2.75) is 186 Å². The summed E-state index contributed by atoms with van der Waals surface area (Å²) in [6.45, 7) is 20.4. The summed E-state index contributed by atoms with van der Waals surface area (Å²) in [6, 6.07) is -0.385. The van der Waals surface area contributed by atoms with E-state index < -0.39 is 84.4 Å². The number of fused-ring (bicyclic) bond motifs is 2. The number of carbonyl (C=O) groups is 1. The normalized spacial score (nSPS) is 48.0. The minimum Gasteiger partial charge on any atom is -0.462 e. The maximum atomic E-state index is 14.5. The molecular formula is C42H78N2O13. The number of cyclic esters (lactones) is 1. The second-order valence-electron chi connectivity index (χ2n) is 18.3. The summed E-state index contributed by atoms with van der Waals surface area (Å²) in [7, 11) is 6.99. The van der Waals surface area contributed by atoms with Crippen LogP contribution in [-0.4, -0.2) is 165 Å². The van der Waals surface area contributed by atoms with Gasteiger partial charge in [-0.05, 0) is 79.8 Å². The van der Waals surface area contributed by atoms with Gasteiger partial charge in [0.15, 0.2) is 12.6 Å². The molecule has 4 rings (SSSR count). The van der Waals surface area contributed by atoms with Gasteiger partial charge in [0.25, 0.3) is 0 Å². The van der Waals surface area contributed by atoms with Crippen molar-refractivity contribution in [2.75, 3.05) is 48.1 Å². The summed E-state index contributed by atoms with van der Waals surface area (Å²) in [5.41, 5.74) is -2.53. The highest BCUT2D eigenvalue weighted by Crippen LogP contribution is 2.42. The maximum absolute atomic E-state index is 14.5. The summed E-state index contributed by atoms with van der Waals surface area (Å²) in [4.78, 5) is 16.4. The largest absolute Gasteiger partial charge is 0.462 e. The van der Waals surface area contributed by atoms with Crippen molar-refractivity contribution in [1.29, 1.82) is 0 Å². The number of carbonyl (C=O) groups excluding carboxylic acids is 1. The lowest BCUT2D eigenvalue weighted by Crippen LogP contribution is -2.63. The highest BCUT2D eigenvalue weighted by molar-refractivity contribution is 5.73. The fraction of sp³-hybridized carbons (Fsp3) is 0.976. The Labute approximate surface area is 342 Å². The number of esters is 1. The monoisotopic (exact) mass is 819 g/mol. The average Bonchev–Trinajstić information content (AvgIpc) is 3.15. The average molecular weight is 819 g/mol. The molecule has 0 amide bonds. The van der Waals surface area contributed by atoms with Crippen molar-refractivity contribution >= 4 is 5.97 Å². The molecule has 15 nitrogen and oxygen atoms in total. The first kappa shape index (κ1) is 48.6. The van der Waals surface area contributed by atoms with Gasteiger partial charge < -0.3 is 62.9 Å². The van der Waals surface area contributed by atoms with Crippen molar-refractivity contribution in [1.82, 2.24) is 10.2 Å². The Morgan fingerprint density at radius 1 is 0.912 bits per heavy atom. The molecule has 4 N–H and O–H groups in total. The number of ether oxygens (including phenoxy) is 9. The predicted octanol–water partition coefficient (Wildman–Crippen LogP) is 3.09. The van der Waals surface area contributed by atoms with Crippen molar-refractivity contribution in [3.8, 4) is 0 Å². The lowest BCUT2D eigenvalue weighted by atomic mass is 9.72. The molecule has 0 aliphatic carbocycles. The van der Waals surface area contributed by atoms with Gasteiger partial charge in [0.05, 0.1) is 67.5 Å². The van der Waals surface area contributed by atoms with Gasteiger partial charge in [-0.1, -0.05) is 34.6 Å². The van der Waals surface area contributed by atoms with Crippen molar-refractivity contribution in [2.24, 2.45) is 29.6 Å². The number of hydrogen-bond acceptors (Lipinski definition) is 15. The van der Waals surface area contributed by atoms with E-state index in [0.717, 1.165) is 0 Å². The fourth-order valence-electron chi connectivity index (χ4n) is 9.96.